The minimum absolute atomic E-state index is 0.0243. The molecule has 0 saturated carbocycles. The average Bonchev–Trinajstić information content (AvgIpc) is 2.84. The van der Waals surface area contributed by atoms with E-state index in [1.165, 1.54) is 44.6 Å². The van der Waals surface area contributed by atoms with E-state index in [1.54, 1.807) is 18.2 Å². The van der Waals surface area contributed by atoms with Crippen molar-refractivity contribution in [3.63, 3.8) is 0 Å². The number of anilines is 2. The molecule has 0 bridgehead atoms. The number of nitrogens with one attached hydrogen (secondary N) is 3. The zero-order valence-corrected chi connectivity index (χ0v) is 22.6. The fourth-order valence-electron chi connectivity index (χ4n) is 2.86. The van der Waals surface area contributed by atoms with Gasteiger partial charge in [0.15, 0.2) is 10.9 Å². The van der Waals surface area contributed by atoms with Crippen LogP contribution in [0.2, 0.25) is 0 Å². The summed E-state index contributed by atoms with van der Waals surface area (Å²) in [5, 5.41) is 5.45. The van der Waals surface area contributed by atoms with Gasteiger partial charge in [0.05, 0.1) is 31.3 Å². The topological polar surface area (TPSA) is 141 Å². The van der Waals surface area contributed by atoms with E-state index in [9.17, 15) is 13.2 Å². The van der Waals surface area contributed by atoms with Crippen molar-refractivity contribution in [1.82, 2.24) is 15.3 Å². The molecular formula is C22H22BrN5O6S2. The van der Waals surface area contributed by atoms with E-state index in [2.05, 4.69) is 41.3 Å². The lowest BCUT2D eigenvalue weighted by Crippen LogP contribution is -2.34. The number of carbonyl (C=O) groups excluding carboxylic acids is 1. The predicted octanol–water partition coefficient (Wildman–Crippen LogP) is 3.58. The fraction of sp³-hybridized carbons (Fsp3) is 0.182. The van der Waals surface area contributed by atoms with Gasteiger partial charge in [-0.25, -0.2) is 8.42 Å². The Hall–Kier alpha value is -3.49. The number of nitrogens with zero attached hydrogens (tertiary/aromatic N) is 2. The van der Waals surface area contributed by atoms with Gasteiger partial charge in [-0.05, 0) is 61.6 Å². The molecule has 3 N–H and O–H groups in total. The molecule has 11 nitrogen and oxygen atoms in total. The predicted molar refractivity (Wildman–Crippen MR) is 141 cm³/mol. The number of halogens is 1. The number of sulfonamides is 1. The van der Waals surface area contributed by atoms with Crippen molar-refractivity contribution in [2.24, 2.45) is 0 Å². The summed E-state index contributed by atoms with van der Waals surface area (Å²) in [6.45, 7) is 2.21. The summed E-state index contributed by atoms with van der Waals surface area (Å²) in [7, 11) is -1.24. The number of aromatic nitrogens is 2. The van der Waals surface area contributed by atoms with Crippen LogP contribution >= 0.6 is 28.1 Å². The monoisotopic (exact) mass is 595 g/mol. The van der Waals surface area contributed by atoms with Crippen molar-refractivity contribution >= 4 is 60.7 Å². The van der Waals surface area contributed by atoms with Crippen LogP contribution < -0.4 is 29.6 Å². The van der Waals surface area contributed by atoms with Crippen molar-refractivity contribution in [3.05, 3.63) is 58.6 Å². The third-order valence-electron chi connectivity index (χ3n) is 4.45. The van der Waals surface area contributed by atoms with E-state index in [1.807, 2.05) is 6.92 Å². The summed E-state index contributed by atoms with van der Waals surface area (Å²) in [5.41, 5.74) is 0.768. The average molecular weight is 596 g/mol. The van der Waals surface area contributed by atoms with Crippen molar-refractivity contribution in [2.75, 3.05) is 30.9 Å². The normalized spacial score (nSPS) is 10.8. The van der Waals surface area contributed by atoms with Gasteiger partial charge < -0.3 is 19.5 Å². The second-order valence-electron chi connectivity index (χ2n) is 6.89. The fourth-order valence-corrected chi connectivity index (χ4v) is 4.42. The van der Waals surface area contributed by atoms with Crippen molar-refractivity contribution in [3.8, 4) is 17.6 Å². The van der Waals surface area contributed by atoms with Crippen LogP contribution in [0, 0.1) is 0 Å². The van der Waals surface area contributed by atoms with Crippen molar-refractivity contribution in [2.45, 2.75) is 11.8 Å². The number of hydrogen-bond acceptors (Lipinski definition) is 9. The first-order valence-electron chi connectivity index (χ1n) is 10.3. The van der Waals surface area contributed by atoms with Crippen LogP contribution in [0.4, 0.5) is 11.5 Å². The molecule has 1 amide bonds. The van der Waals surface area contributed by atoms with Gasteiger partial charge in [0.25, 0.3) is 15.9 Å². The lowest BCUT2D eigenvalue weighted by molar-refractivity contribution is 0.0974. The Morgan fingerprint density at radius 2 is 1.78 bits per heavy atom. The molecule has 0 unspecified atom stereocenters. The van der Waals surface area contributed by atoms with Gasteiger partial charge >= 0.3 is 6.01 Å². The van der Waals surface area contributed by atoms with Gasteiger partial charge in [0.2, 0.25) is 5.88 Å². The Morgan fingerprint density at radius 1 is 1.06 bits per heavy atom. The van der Waals surface area contributed by atoms with Crippen molar-refractivity contribution in [1.29, 1.82) is 0 Å². The second-order valence-corrected chi connectivity index (χ2v) is 9.90. The van der Waals surface area contributed by atoms with Gasteiger partial charge in [-0.15, -0.1) is 0 Å². The SMILES string of the molecule is CCOc1ccc(Br)cc1C(=O)NC(=S)Nc1ccc(S(=O)(=O)Nc2cc(OC)nc(OC)n2)cc1. The quantitative estimate of drug-likeness (QED) is 0.314. The number of thiocarbonyl (C=S) groups is 1. The highest BCUT2D eigenvalue weighted by molar-refractivity contribution is 9.10. The van der Waals surface area contributed by atoms with Crippen LogP contribution in [-0.4, -0.2) is 50.2 Å². The first kappa shape index (κ1) is 27.1. The lowest BCUT2D eigenvalue weighted by atomic mass is 10.2. The summed E-state index contributed by atoms with van der Waals surface area (Å²) < 4.78 is 44.1. The maximum Gasteiger partial charge on any atom is 0.321 e. The molecule has 0 radical (unpaired) electrons. The van der Waals surface area contributed by atoms with Gasteiger partial charge in [0, 0.05) is 16.2 Å². The number of rotatable bonds is 9. The Labute approximate surface area is 221 Å². The maximum atomic E-state index is 12.8. The van der Waals surface area contributed by atoms with E-state index in [0.29, 0.717) is 28.1 Å². The summed E-state index contributed by atoms with van der Waals surface area (Å²) >= 11 is 8.57. The number of benzene rings is 2. The molecule has 0 spiro atoms. The number of amides is 1. The molecule has 0 aliphatic heterocycles. The minimum Gasteiger partial charge on any atom is -0.493 e. The van der Waals surface area contributed by atoms with Crippen LogP contribution in [-0.2, 0) is 10.0 Å². The number of hydrogen-bond donors (Lipinski definition) is 3. The molecule has 0 atom stereocenters. The van der Waals surface area contributed by atoms with Gasteiger partial charge in [-0.2, -0.15) is 9.97 Å². The summed E-state index contributed by atoms with van der Waals surface area (Å²) in [5.74, 6) is 0.0630. The van der Waals surface area contributed by atoms with Crippen molar-refractivity contribution < 1.29 is 27.4 Å². The second kappa shape index (κ2) is 12.0. The highest BCUT2D eigenvalue weighted by Crippen LogP contribution is 2.24. The van der Waals surface area contributed by atoms with Crippen LogP contribution in [0.25, 0.3) is 0 Å². The van der Waals surface area contributed by atoms with E-state index < -0.39 is 15.9 Å². The van der Waals surface area contributed by atoms with Crippen LogP contribution in [0.3, 0.4) is 0 Å². The van der Waals surface area contributed by atoms with Gasteiger partial charge in [0.1, 0.15) is 5.75 Å². The highest BCUT2D eigenvalue weighted by atomic mass is 79.9. The Balaban J connectivity index is 1.68. The zero-order valence-electron chi connectivity index (χ0n) is 19.4. The Kier molecular flexibility index (Phi) is 9.01. The molecule has 0 aliphatic carbocycles. The maximum absolute atomic E-state index is 12.8. The molecule has 3 aromatic rings. The molecule has 1 aromatic heterocycles. The third kappa shape index (κ3) is 7.02. The lowest BCUT2D eigenvalue weighted by Gasteiger charge is -2.13. The molecule has 36 heavy (non-hydrogen) atoms. The summed E-state index contributed by atoms with van der Waals surface area (Å²) in [6.07, 6.45) is 0. The highest BCUT2D eigenvalue weighted by Gasteiger charge is 2.18. The first-order chi connectivity index (χ1) is 17.1. The molecule has 3 rings (SSSR count). The first-order valence-corrected chi connectivity index (χ1v) is 13.0. The zero-order chi connectivity index (χ0) is 26.3. The summed E-state index contributed by atoms with van der Waals surface area (Å²) in [4.78, 5) is 20.5. The Bertz CT molecular complexity index is 1350. The molecule has 0 fully saturated rings. The third-order valence-corrected chi connectivity index (χ3v) is 6.52. The molecule has 190 valence electrons. The largest absolute Gasteiger partial charge is 0.493 e. The van der Waals surface area contributed by atoms with E-state index >= 15 is 0 Å². The number of methoxy groups -OCH3 is 2. The molecule has 0 saturated heterocycles. The van der Waals surface area contributed by atoms with Gasteiger partial charge in [-0.1, -0.05) is 15.9 Å². The Morgan fingerprint density at radius 3 is 2.42 bits per heavy atom. The van der Waals surface area contributed by atoms with E-state index in [4.69, 9.17) is 26.4 Å². The minimum atomic E-state index is -3.98. The van der Waals surface area contributed by atoms with Crippen LogP contribution in [0.15, 0.2) is 57.9 Å². The molecule has 2 aromatic carbocycles. The number of ether oxygens (including phenoxy) is 3. The molecule has 14 heteroatoms. The number of carbonyl (C=O) groups is 1. The van der Waals surface area contributed by atoms with Crippen LogP contribution in [0.1, 0.15) is 17.3 Å². The standard InChI is InChI=1S/C22H22BrN5O6S2/c1-4-34-17-10-5-13(23)11-16(17)20(29)27-22(35)24-14-6-8-15(9-7-14)36(30,31)28-18-12-19(32-2)26-21(25-18)33-3/h5-12H,4H2,1-3H3,(H,25,26,28)(H2,24,27,29,35). The summed E-state index contributed by atoms with van der Waals surface area (Å²) in [6, 6.07) is 12.1. The van der Waals surface area contributed by atoms with Gasteiger partial charge in [-0.3, -0.25) is 14.8 Å². The smallest absolute Gasteiger partial charge is 0.321 e. The van der Waals surface area contributed by atoms with E-state index in [-0.39, 0.29) is 27.7 Å². The van der Waals surface area contributed by atoms with Crippen LogP contribution in [0.5, 0.6) is 17.6 Å². The molecule has 0 aliphatic rings. The van der Waals surface area contributed by atoms with E-state index in [0.717, 1.165) is 0 Å². The molecular weight excluding hydrogens is 574 g/mol. The molecule has 1 heterocycles.